The lowest BCUT2D eigenvalue weighted by atomic mass is 9.44. The van der Waals surface area contributed by atoms with E-state index in [1.165, 1.54) is 76.9 Å². The quantitative estimate of drug-likeness (QED) is 0.210. The molecule has 0 amide bonds. The Morgan fingerprint density at radius 1 is 0.568 bits per heavy atom. The van der Waals surface area contributed by atoms with E-state index < -0.39 is 0 Å². The number of hydrogen-bond acceptors (Lipinski definition) is 0. The summed E-state index contributed by atoms with van der Waals surface area (Å²) in [4.78, 5) is 0. The van der Waals surface area contributed by atoms with Crippen LogP contribution in [-0.2, 0) is 0 Å². The van der Waals surface area contributed by atoms with Gasteiger partial charge in [0.15, 0.2) is 0 Å². The van der Waals surface area contributed by atoms with Gasteiger partial charge >= 0.3 is 0 Å². The summed E-state index contributed by atoms with van der Waals surface area (Å²) in [6.45, 7) is 23.9. The standard InChI is InChI=1S/C44H42/c1-26(35-19-15-29-14-13-27-11-10-12-28-16-20-36(35)40(29)39(27)28)37-24-34-23-32(41(2,3)4)21-30-17-18-31-22-33(42(5,6)7)25-38(37)44(31,9)43(30,34)8/h10-25H,1H2,2-9H3/t43-,44-/m1/s1. The van der Waals surface area contributed by atoms with Gasteiger partial charge in [0.1, 0.15) is 0 Å². The first-order valence-corrected chi connectivity index (χ1v) is 16.1. The van der Waals surface area contributed by atoms with Gasteiger partial charge in [0, 0.05) is 10.8 Å². The second-order valence-corrected chi connectivity index (χ2v) is 15.9. The zero-order valence-electron chi connectivity index (χ0n) is 27.4. The zero-order chi connectivity index (χ0) is 31.0. The number of benzene rings is 4. The van der Waals surface area contributed by atoms with Crippen molar-refractivity contribution in [3.63, 3.8) is 0 Å². The fourth-order valence-corrected chi connectivity index (χ4v) is 8.41. The minimum atomic E-state index is -0.214. The van der Waals surface area contributed by atoms with Crippen LogP contribution in [0.4, 0.5) is 0 Å². The Kier molecular flexibility index (Phi) is 5.30. The molecule has 0 unspecified atom stereocenters. The smallest absolute Gasteiger partial charge is 0.0315 e. The molecule has 8 rings (SSSR count). The second-order valence-electron chi connectivity index (χ2n) is 15.9. The van der Waals surface area contributed by atoms with E-state index in [2.05, 4.69) is 153 Å². The molecule has 4 aromatic carbocycles. The van der Waals surface area contributed by atoms with Crippen molar-refractivity contribution in [3.8, 4) is 0 Å². The summed E-state index contributed by atoms with van der Waals surface area (Å²) < 4.78 is 0. The fraction of sp³-hybridized carbons (Fsp3) is 0.273. The topological polar surface area (TPSA) is 0 Å². The van der Waals surface area contributed by atoms with Gasteiger partial charge in [0.05, 0.1) is 0 Å². The molecule has 4 aliphatic carbocycles. The molecule has 4 aliphatic rings. The van der Waals surface area contributed by atoms with Gasteiger partial charge in [-0.15, -0.1) is 0 Å². The lowest BCUT2D eigenvalue weighted by Gasteiger charge is -2.58. The molecule has 218 valence electrons. The fourth-order valence-electron chi connectivity index (χ4n) is 8.41. The molecular formula is C44H42. The van der Waals surface area contributed by atoms with E-state index in [1.54, 1.807) is 0 Å². The molecule has 4 aromatic rings. The highest BCUT2D eigenvalue weighted by Crippen LogP contribution is 2.68. The predicted octanol–water partition coefficient (Wildman–Crippen LogP) is 12.2. The van der Waals surface area contributed by atoms with Gasteiger partial charge in [0.2, 0.25) is 0 Å². The van der Waals surface area contributed by atoms with Crippen molar-refractivity contribution in [1.29, 1.82) is 0 Å². The Balaban J connectivity index is 1.45. The van der Waals surface area contributed by atoms with Crippen molar-refractivity contribution in [1.82, 2.24) is 0 Å². The number of allylic oxidation sites excluding steroid dienone is 15. The van der Waals surface area contributed by atoms with Crippen LogP contribution in [0.3, 0.4) is 0 Å². The van der Waals surface area contributed by atoms with Gasteiger partial charge in [-0.3, -0.25) is 0 Å². The van der Waals surface area contributed by atoms with E-state index >= 15 is 0 Å². The third-order valence-electron chi connectivity index (χ3n) is 11.4. The summed E-state index contributed by atoms with van der Waals surface area (Å²) in [6, 6.07) is 20.4. The maximum atomic E-state index is 4.93. The third-order valence-corrected chi connectivity index (χ3v) is 11.4. The third kappa shape index (κ3) is 3.40. The molecule has 0 aliphatic heterocycles. The summed E-state index contributed by atoms with van der Waals surface area (Å²) in [6.07, 6.45) is 17.2. The molecule has 0 bridgehead atoms. The van der Waals surface area contributed by atoms with Crippen molar-refractivity contribution in [2.45, 2.75) is 55.4 Å². The molecular weight excluding hydrogens is 528 g/mol. The SMILES string of the molecule is C=C(C1=C2C=C(C(C)(C)C)C=C3C=CC4=CC(C(C)(C)C)=CC(=C1)[C@]4(C)[C@]32C)c1ccc2ccc3cccc4ccc1c2c34. The average molecular weight is 571 g/mol. The molecule has 0 nitrogen and oxygen atoms in total. The van der Waals surface area contributed by atoms with Crippen molar-refractivity contribution in [2.75, 3.05) is 0 Å². The monoisotopic (exact) mass is 570 g/mol. The van der Waals surface area contributed by atoms with Crippen LogP contribution in [0, 0.1) is 21.7 Å². The Hall–Kier alpha value is -4.16. The van der Waals surface area contributed by atoms with E-state index in [-0.39, 0.29) is 21.7 Å². The Morgan fingerprint density at radius 3 is 1.75 bits per heavy atom. The molecule has 0 spiro atoms. The first-order chi connectivity index (χ1) is 20.7. The largest absolute Gasteiger partial charge is 0.0905 e. The van der Waals surface area contributed by atoms with Crippen LogP contribution in [0.2, 0.25) is 0 Å². The number of hydrogen-bond donors (Lipinski definition) is 0. The van der Waals surface area contributed by atoms with Gasteiger partial charge in [-0.2, -0.15) is 0 Å². The first kappa shape index (κ1) is 27.4. The zero-order valence-corrected chi connectivity index (χ0v) is 27.4. The van der Waals surface area contributed by atoms with Crippen LogP contribution in [0.1, 0.15) is 61.0 Å². The normalized spacial score (nSPS) is 24.7. The van der Waals surface area contributed by atoms with Crippen molar-refractivity contribution >= 4 is 37.9 Å². The lowest BCUT2D eigenvalue weighted by molar-refractivity contribution is 0.244. The summed E-state index contributed by atoms with van der Waals surface area (Å²) in [5.74, 6) is 0. The number of rotatable bonds is 2. The lowest BCUT2D eigenvalue weighted by Crippen LogP contribution is -2.48. The molecule has 2 atom stereocenters. The van der Waals surface area contributed by atoms with Crippen molar-refractivity contribution < 1.29 is 0 Å². The summed E-state index contributed by atoms with van der Waals surface area (Å²) in [5.41, 5.74) is 11.7. The minimum absolute atomic E-state index is 0.0293. The summed E-state index contributed by atoms with van der Waals surface area (Å²) >= 11 is 0. The molecule has 0 heterocycles. The van der Waals surface area contributed by atoms with Gasteiger partial charge in [-0.25, -0.2) is 0 Å². The highest BCUT2D eigenvalue weighted by atomic mass is 14.6. The second kappa shape index (κ2) is 8.51. The van der Waals surface area contributed by atoms with Crippen molar-refractivity contribution in [2.24, 2.45) is 21.7 Å². The highest BCUT2D eigenvalue weighted by Gasteiger charge is 2.58. The summed E-state index contributed by atoms with van der Waals surface area (Å²) in [5, 5.41) is 7.86. The molecule has 0 saturated heterocycles. The summed E-state index contributed by atoms with van der Waals surface area (Å²) in [7, 11) is 0. The van der Waals surface area contributed by atoms with Crippen LogP contribution in [0.5, 0.6) is 0 Å². The van der Waals surface area contributed by atoms with Gasteiger partial charge in [-0.1, -0.05) is 153 Å². The molecule has 0 radical (unpaired) electrons. The van der Waals surface area contributed by atoms with Crippen LogP contribution >= 0.6 is 0 Å². The maximum absolute atomic E-state index is 4.93. The van der Waals surface area contributed by atoms with E-state index in [1.807, 2.05) is 0 Å². The van der Waals surface area contributed by atoms with Crippen LogP contribution in [-0.4, -0.2) is 0 Å². The van der Waals surface area contributed by atoms with E-state index in [0.29, 0.717) is 0 Å². The van der Waals surface area contributed by atoms with Crippen LogP contribution < -0.4 is 0 Å². The van der Waals surface area contributed by atoms with Crippen LogP contribution in [0.25, 0.3) is 37.9 Å². The Morgan fingerprint density at radius 2 is 1.11 bits per heavy atom. The average Bonchev–Trinajstić information content (AvgIpc) is 2.97. The van der Waals surface area contributed by atoms with E-state index in [4.69, 9.17) is 6.58 Å². The molecule has 0 heteroatoms. The van der Waals surface area contributed by atoms with Gasteiger partial charge < -0.3 is 0 Å². The predicted molar refractivity (Wildman–Crippen MR) is 191 cm³/mol. The van der Waals surface area contributed by atoms with E-state index in [0.717, 1.165) is 5.57 Å². The Labute approximate surface area is 262 Å². The van der Waals surface area contributed by atoms with Crippen molar-refractivity contribution in [3.05, 3.63) is 148 Å². The molecule has 0 aromatic heterocycles. The highest BCUT2D eigenvalue weighted by molar-refractivity contribution is 6.25. The first-order valence-electron chi connectivity index (χ1n) is 16.1. The van der Waals surface area contributed by atoms with Crippen LogP contribution in [0.15, 0.2) is 143 Å². The minimum Gasteiger partial charge on any atom is -0.0905 e. The molecule has 0 N–H and O–H groups in total. The van der Waals surface area contributed by atoms with E-state index in [9.17, 15) is 0 Å². The van der Waals surface area contributed by atoms with Gasteiger partial charge in [-0.05, 0) is 99.4 Å². The maximum Gasteiger partial charge on any atom is 0.0315 e. The molecule has 44 heavy (non-hydrogen) atoms. The Bertz CT molecular complexity index is 2180. The van der Waals surface area contributed by atoms with Gasteiger partial charge in [0.25, 0.3) is 0 Å². The molecule has 0 saturated carbocycles. The molecule has 0 fully saturated rings.